The van der Waals surface area contributed by atoms with Crippen molar-refractivity contribution < 1.29 is 10.2 Å². The summed E-state index contributed by atoms with van der Waals surface area (Å²) in [4.78, 5) is 0. The molecule has 3 nitrogen and oxygen atoms in total. The molecule has 18 heavy (non-hydrogen) atoms. The summed E-state index contributed by atoms with van der Waals surface area (Å²) in [5.41, 5.74) is 1.65. The summed E-state index contributed by atoms with van der Waals surface area (Å²) < 4.78 is 0.933. The quantitative estimate of drug-likeness (QED) is 0.743. The van der Waals surface area contributed by atoms with Crippen LogP contribution in [0.5, 0.6) is 11.5 Å². The standard InChI is InChI=1S/C13H11BrClNO2/c14-9-2-3-10(15)11(6-9)16-7-8-1-4-12(17)13(18)5-8/h1-6,16-18H,7H2. The Labute approximate surface area is 118 Å². The summed E-state index contributed by atoms with van der Waals surface area (Å²) in [7, 11) is 0. The van der Waals surface area contributed by atoms with E-state index in [4.69, 9.17) is 11.6 Å². The average Bonchev–Trinajstić information content (AvgIpc) is 2.34. The number of hydrogen-bond acceptors (Lipinski definition) is 3. The Hall–Kier alpha value is -1.39. The number of anilines is 1. The molecule has 0 aliphatic heterocycles. The summed E-state index contributed by atoms with van der Waals surface area (Å²) in [5.74, 6) is -0.256. The average molecular weight is 329 g/mol. The highest BCUT2D eigenvalue weighted by molar-refractivity contribution is 9.10. The Kier molecular flexibility index (Phi) is 3.99. The van der Waals surface area contributed by atoms with Gasteiger partial charge < -0.3 is 15.5 Å². The van der Waals surface area contributed by atoms with Gasteiger partial charge in [-0.2, -0.15) is 0 Å². The summed E-state index contributed by atoms with van der Waals surface area (Å²) in [5, 5.41) is 22.4. The second kappa shape index (κ2) is 5.50. The Bertz CT molecular complexity index is 575. The van der Waals surface area contributed by atoms with Crippen molar-refractivity contribution in [1.29, 1.82) is 0 Å². The van der Waals surface area contributed by atoms with Gasteiger partial charge in [-0.25, -0.2) is 0 Å². The molecule has 0 saturated heterocycles. The van der Waals surface area contributed by atoms with Gasteiger partial charge in [-0.1, -0.05) is 33.6 Å². The Morgan fingerprint density at radius 2 is 1.83 bits per heavy atom. The largest absolute Gasteiger partial charge is 0.504 e. The Morgan fingerprint density at radius 1 is 1.06 bits per heavy atom. The fourth-order valence-electron chi connectivity index (χ4n) is 1.51. The molecular weight excluding hydrogens is 318 g/mol. The van der Waals surface area contributed by atoms with Gasteiger partial charge >= 0.3 is 0 Å². The van der Waals surface area contributed by atoms with E-state index in [0.29, 0.717) is 11.6 Å². The number of phenols is 2. The number of phenolic OH excluding ortho intramolecular Hbond substituents is 2. The summed E-state index contributed by atoms with van der Waals surface area (Å²) in [6, 6.07) is 10.2. The van der Waals surface area contributed by atoms with Gasteiger partial charge in [-0.3, -0.25) is 0 Å². The number of hydrogen-bond donors (Lipinski definition) is 3. The van der Waals surface area contributed by atoms with Crippen LogP contribution in [0.15, 0.2) is 40.9 Å². The topological polar surface area (TPSA) is 52.5 Å². The molecule has 0 heterocycles. The van der Waals surface area contributed by atoms with Crippen molar-refractivity contribution in [2.24, 2.45) is 0 Å². The zero-order chi connectivity index (χ0) is 13.1. The summed E-state index contributed by atoms with van der Waals surface area (Å²) >= 11 is 9.42. The van der Waals surface area contributed by atoms with Crippen LogP contribution in [0.3, 0.4) is 0 Å². The molecule has 0 unspecified atom stereocenters. The maximum absolute atomic E-state index is 9.38. The third kappa shape index (κ3) is 3.09. The van der Waals surface area contributed by atoms with E-state index in [9.17, 15) is 10.2 Å². The lowest BCUT2D eigenvalue weighted by molar-refractivity contribution is 0.403. The molecule has 0 spiro atoms. The minimum atomic E-state index is -0.130. The minimum absolute atomic E-state index is 0.126. The molecule has 94 valence electrons. The lowest BCUT2D eigenvalue weighted by atomic mass is 10.2. The molecule has 0 radical (unpaired) electrons. The second-order valence-corrected chi connectivity index (χ2v) is 5.12. The normalized spacial score (nSPS) is 10.3. The minimum Gasteiger partial charge on any atom is -0.504 e. The molecule has 0 aliphatic carbocycles. The first-order valence-electron chi connectivity index (χ1n) is 5.26. The molecule has 2 aromatic carbocycles. The monoisotopic (exact) mass is 327 g/mol. The van der Waals surface area contributed by atoms with E-state index < -0.39 is 0 Å². The van der Waals surface area contributed by atoms with Gasteiger partial charge in [-0.05, 0) is 35.9 Å². The van der Waals surface area contributed by atoms with E-state index in [1.165, 1.54) is 12.1 Å². The van der Waals surface area contributed by atoms with Gasteiger partial charge in [0.15, 0.2) is 11.5 Å². The molecule has 2 aromatic rings. The first-order chi connectivity index (χ1) is 8.56. The number of aromatic hydroxyl groups is 2. The van der Waals surface area contributed by atoms with E-state index in [-0.39, 0.29) is 11.5 Å². The van der Waals surface area contributed by atoms with Crippen LogP contribution in [0, 0.1) is 0 Å². The van der Waals surface area contributed by atoms with Crippen molar-refractivity contribution >= 4 is 33.2 Å². The third-order valence-electron chi connectivity index (χ3n) is 2.45. The first-order valence-corrected chi connectivity index (χ1v) is 6.43. The van der Waals surface area contributed by atoms with Gasteiger partial charge in [0.1, 0.15) is 0 Å². The highest BCUT2D eigenvalue weighted by atomic mass is 79.9. The molecule has 5 heteroatoms. The third-order valence-corrected chi connectivity index (χ3v) is 3.27. The zero-order valence-electron chi connectivity index (χ0n) is 9.32. The van der Waals surface area contributed by atoms with Crippen molar-refractivity contribution in [1.82, 2.24) is 0 Å². The smallest absolute Gasteiger partial charge is 0.157 e. The van der Waals surface area contributed by atoms with Crippen molar-refractivity contribution in [2.45, 2.75) is 6.54 Å². The van der Waals surface area contributed by atoms with Crippen LogP contribution in [0.4, 0.5) is 5.69 Å². The number of rotatable bonds is 3. The van der Waals surface area contributed by atoms with E-state index in [1.807, 2.05) is 12.1 Å². The zero-order valence-corrected chi connectivity index (χ0v) is 11.7. The van der Waals surface area contributed by atoms with Crippen molar-refractivity contribution in [2.75, 3.05) is 5.32 Å². The van der Waals surface area contributed by atoms with Crippen LogP contribution < -0.4 is 5.32 Å². The SMILES string of the molecule is Oc1ccc(CNc2cc(Br)ccc2Cl)cc1O. The van der Waals surface area contributed by atoms with Gasteiger partial charge in [0.05, 0.1) is 10.7 Å². The molecule has 0 atom stereocenters. The van der Waals surface area contributed by atoms with Crippen molar-refractivity contribution in [3.05, 3.63) is 51.5 Å². The van der Waals surface area contributed by atoms with Gasteiger partial charge in [0.2, 0.25) is 0 Å². The van der Waals surface area contributed by atoms with E-state index in [2.05, 4.69) is 21.2 Å². The van der Waals surface area contributed by atoms with Crippen LogP contribution in [0.1, 0.15) is 5.56 Å². The van der Waals surface area contributed by atoms with Crippen LogP contribution >= 0.6 is 27.5 Å². The molecule has 2 rings (SSSR count). The lowest BCUT2D eigenvalue weighted by Crippen LogP contribution is -1.99. The van der Waals surface area contributed by atoms with Crippen LogP contribution in [-0.4, -0.2) is 10.2 Å². The molecule has 0 amide bonds. The molecule has 0 aromatic heterocycles. The molecule has 3 N–H and O–H groups in total. The maximum atomic E-state index is 9.38. The predicted octanol–water partition coefficient (Wildman–Crippen LogP) is 4.13. The molecule has 0 bridgehead atoms. The number of benzene rings is 2. The van der Waals surface area contributed by atoms with Crippen LogP contribution in [-0.2, 0) is 6.54 Å². The summed E-state index contributed by atoms with van der Waals surface area (Å²) in [6.07, 6.45) is 0. The maximum Gasteiger partial charge on any atom is 0.157 e. The highest BCUT2D eigenvalue weighted by Crippen LogP contribution is 2.28. The van der Waals surface area contributed by atoms with E-state index in [1.54, 1.807) is 12.1 Å². The molecule has 0 saturated carbocycles. The molecule has 0 fully saturated rings. The molecule has 0 aliphatic rings. The Balaban J connectivity index is 2.11. The second-order valence-electron chi connectivity index (χ2n) is 3.80. The summed E-state index contributed by atoms with van der Waals surface area (Å²) in [6.45, 7) is 0.504. The van der Waals surface area contributed by atoms with Crippen molar-refractivity contribution in [3.63, 3.8) is 0 Å². The predicted molar refractivity (Wildman–Crippen MR) is 76.3 cm³/mol. The Morgan fingerprint density at radius 3 is 2.56 bits per heavy atom. The lowest BCUT2D eigenvalue weighted by Gasteiger charge is -2.09. The fraction of sp³-hybridized carbons (Fsp3) is 0.0769. The first kappa shape index (κ1) is 13.1. The number of nitrogens with one attached hydrogen (secondary N) is 1. The number of halogens is 2. The van der Waals surface area contributed by atoms with Crippen LogP contribution in [0.2, 0.25) is 5.02 Å². The van der Waals surface area contributed by atoms with E-state index in [0.717, 1.165) is 15.7 Å². The van der Waals surface area contributed by atoms with Gasteiger partial charge in [0, 0.05) is 11.0 Å². The van der Waals surface area contributed by atoms with Crippen LogP contribution in [0.25, 0.3) is 0 Å². The van der Waals surface area contributed by atoms with E-state index >= 15 is 0 Å². The van der Waals surface area contributed by atoms with Crippen molar-refractivity contribution in [3.8, 4) is 11.5 Å². The van der Waals surface area contributed by atoms with Gasteiger partial charge in [0.25, 0.3) is 0 Å². The fourth-order valence-corrected chi connectivity index (χ4v) is 2.05. The van der Waals surface area contributed by atoms with Gasteiger partial charge in [-0.15, -0.1) is 0 Å². The molecular formula is C13H11BrClNO2. The highest BCUT2D eigenvalue weighted by Gasteiger charge is 2.03.